The van der Waals surface area contributed by atoms with Crippen molar-refractivity contribution in [2.75, 3.05) is 20.3 Å². The number of aliphatic carboxylic acids is 1. The topological polar surface area (TPSA) is 107 Å². The Morgan fingerprint density at radius 3 is 2.78 bits per heavy atom. The summed E-state index contributed by atoms with van der Waals surface area (Å²) in [4.78, 5) is 28.4. The first-order valence-electron chi connectivity index (χ1n) is 8.37. The molecule has 1 atom stereocenters. The number of carboxylic acids is 1. The molecule has 0 aliphatic carbocycles. The van der Waals surface area contributed by atoms with Crippen LogP contribution >= 0.6 is 0 Å². The second kappa shape index (κ2) is 7.53. The van der Waals surface area contributed by atoms with Gasteiger partial charge < -0.3 is 24.6 Å². The van der Waals surface area contributed by atoms with Crippen molar-refractivity contribution in [1.82, 2.24) is 10.3 Å². The summed E-state index contributed by atoms with van der Waals surface area (Å²) < 4.78 is 16.0. The summed E-state index contributed by atoms with van der Waals surface area (Å²) >= 11 is 0. The molecular weight excluding hydrogens is 352 g/mol. The molecule has 142 valence electrons. The van der Waals surface area contributed by atoms with Gasteiger partial charge in [0.25, 0.3) is 11.8 Å². The summed E-state index contributed by atoms with van der Waals surface area (Å²) in [5.74, 6) is -0.278. The Balaban J connectivity index is 1.89. The van der Waals surface area contributed by atoms with Crippen molar-refractivity contribution in [2.45, 2.75) is 18.9 Å². The number of ether oxygens (including phenoxy) is 3. The monoisotopic (exact) mass is 372 g/mol. The van der Waals surface area contributed by atoms with Gasteiger partial charge in [0.05, 0.1) is 19.1 Å². The number of methoxy groups -OCH3 is 1. The number of benzene rings is 1. The molecule has 2 aromatic rings. The fourth-order valence-corrected chi connectivity index (χ4v) is 2.86. The molecule has 1 aliphatic rings. The number of nitrogens with one attached hydrogen (secondary N) is 1. The van der Waals surface area contributed by atoms with Gasteiger partial charge in [-0.15, -0.1) is 0 Å². The molecule has 1 unspecified atom stereocenters. The maximum atomic E-state index is 12.8. The van der Waals surface area contributed by atoms with Crippen molar-refractivity contribution in [3.05, 3.63) is 47.7 Å². The van der Waals surface area contributed by atoms with E-state index in [0.717, 1.165) is 0 Å². The summed E-state index contributed by atoms with van der Waals surface area (Å²) in [6.07, 6.45) is -0.309. The van der Waals surface area contributed by atoms with Crippen LogP contribution in [0.25, 0.3) is 0 Å². The van der Waals surface area contributed by atoms with E-state index in [2.05, 4.69) is 10.3 Å². The van der Waals surface area contributed by atoms with Crippen molar-refractivity contribution in [3.63, 3.8) is 0 Å². The van der Waals surface area contributed by atoms with E-state index in [9.17, 15) is 14.7 Å². The lowest BCUT2D eigenvalue weighted by Gasteiger charge is -2.30. The normalized spacial score (nSPS) is 14.7. The number of hydrogen-bond donors (Lipinski definition) is 2. The molecule has 2 N–H and O–H groups in total. The lowest BCUT2D eigenvalue weighted by molar-refractivity contribution is -0.138. The fraction of sp³-hybridized carbons (Fsp3) is 0.316. The maximum absolute atomic E-state index is 12.8. The van der Waals surface area contributed by atoms with Crippen LogP contribution in [0.2, 0.25) is 0 Å². The van der Waals surface area contributed by atoms with Gasteiger partial charge in [-0.1, -0.05) is 12.1 Å². The van der Waals surface area contributed by atoms with Crippen LogP contribution in [0, 0.1) is 0 Å². The molecule has 1 aliphatic heterocycles. The molecule has 8 heteroatoms. The first kappa shape index (κ1) is 18.5. The highest BCUT2D eigenvalue weighted by atomic mass is 16.6. The molecule has 0 radical (unpaired) electrons. The summed E-state index contributed by atoms with van der Waals surface area (Å²) in [5, 5.41) is 12.1. The molecule has 1 amide bonds. The van der Waals surface area contributed by atoms with E-state index in [4.69, 9.17) is 14.2 Å². The number of aromatic nitrogens is 1. The largest absolute Gasteiger partial charge is 0.497 e. The minimum Gasteiger partial charge on any atom is -0.497 e. The van der Waals surface area contributed by atoms with E-state index >= 15 is 0 Å². The first-order chi connectivity index (χ1) is 12.9. The highest BCUT2D eigenvalue weighted by Gasteiger charge is 2.33. The van der Waals surface area contributed by atoms with E-state index in [1.165, 1.54) is 13.2 Å². The Labute approximate surface area is 156 Å². The Morgan fingerprint density at radius 2 is 2.04 bits per heavy atom. The number of hydrogen-bond acceptors (Lipinski definition) is 6. The van der Waals surface area contributed by atoms with Crippen molar-refractivity contribution in [3.8, 4) is 17.4 Å². The SMILES string of the molecule is COc1cccc(C(C)(CC(=O)O)NC(=O)c2ccc3c(n2)OCCO3)c1. The zero-order valence-electron chi connectivity index (χ0n) is 15.0. The van der Waals surface area contributed by atoms with E-state index in [1.54, 1.807) is 37.3 Å². The molecule has 8 nitrogen and oxygen atoms in total. The number of carbonyl (C=O) groups excluding carboxylic acids is 1. The lowest BCUT2D eigenvalue weighted by atomic mass is 9.88. The van der Waals surface area contributed by atoms with Crippen molar-refractivity contribution < 1.29 is 28.9 Å². The van der Waals surface area contributed by atoms with Crippen LogP contribution in [0.3, 0.4) is 0 Å². The Hall–Kier alpha value is -3.29. The zero-order valence-corrected chi connectivity index (χ0v) is 15.0. The van der Waals surface area contributed by atoms with Gasteiger partial charge in [0.2, 0.25) is 0 Å². The number of fused-ring (bicyclic) bond motifs is 1. The van der Waals surface area contributed by atoms with Gasteiger partial charge in [0.1, 0.15) is 24.7 Å². The number of nitrogens with zero attached hydrogens (tertiary/aromatic N) is 1. The van der Waals surface area contributed by atoms with Gasteiger partial charge in [-0.05, 0) is 36.8 Å². The summed E-state index contributed by atoms with van der Waals surface area (Å²) in [5.41, 5.74) is -0.444. The van der Waals surface area contributed by atoms with E-state index < -0.39 is 17.4 Å². The molecule has 3 rings (SSSR count). The lowest BCUT2D eigenvalue weighted by Crippen LogP contribution is -2.45. The molecule has 0 saturated heterocycles. The quantitative estimate of drug-likeness (QED) is 0.798. The van der Waals surface area contributed by atoms with Gasteiger partial charge in [0, 0.05) is 0 Å². The zero-order chi connectivity index (χ0) is 19.4. The minimum atomic E-state index is -1.16. The first-order valence-corrected chi connectivity index (χ1v) is 8.37. The van der Waals surface area contributed by atoms with E-state index in [0.29, 0.717) is 30.3 Å². The molecule has 2 heterocycles. The third kappa shape index (κ3) is 4.11. The average Bonchev–Trinajstić information content (AvgIpc) is 2.67. The Morgan fingerprint density at radius 1 is 1.26 bits per heavy atom. The van der Waals surface area contributed by atoms with Crippen LogP contribution in [0.15, 0.2) is 36.4 Å². The smallest absolute Gasteiger partial charge is 0.306 e. The van der Waals surface area contributed by atoms with Crippen LogP contribution in [0.4, 0.5) is 0 Å². The second-order valence-electron chi connectivity index (χ2n) is 6.29. The predicted octanol–water partition coefficient (Wildman–Crippen LogP) is 1.98. The third-order valence-electron chi connectivity index (χ3n) is 4.24. The van der Waals surface area contributed by atoms with E-state index in [1.807, 2.05) is 0 Å². The van der Waals surface area contributed by atoms with Gasteiger partial charge in [-0.3, -0.25) is 9.59 Å². The van der Waals surface area contributed by atoms with Crippen LogP contribution in [0.5, 0.6) is 17.4 Å². The van der Waals surface area contributed by atoms with Crippen LogP contribution < -0.4 is 19.5 Å². The van der Waals surface area contributed by atoms with Gasteiger partial charge >= 0.3 is 5.97 Å². The second-order valence-corrected chi connectivity index (χ2v) is 6.29. The summed E-state index contributed by atoms with van der Waals surface area (Å²) in [6, 6.07) is 10.0. The Bertz CT molecular complexity index is 869. The standard InChI is InChI=1S/C19H20N2O6/c1-19(11-16(22)23,12-4-3-5-13(10-12)25-2)21-17(24)14-6-7-15-18(20-14)27-9-8-26-15/h3-7,10H,8-9,11H2,1-2H3,(H,21,24)(H,22,23). The van der Waals surface area contributed by atoms with Crippen molar-refractivity contribution in [2.24, 2.45) is 0 Å². The highest BCUT2D eigenvalue weighted by molar-refractivity contribution is 5.93. The number of carboxylic acid groups (broad SMARTS) is 1. The number of pyridine rings is 1. The predicted molar refractivity (Wildman–Crippen MR) is 95.3 cm³/mol. The number of carbonyl (C=O) groups is 2. The molecule has 0 saturated carbocycles. The molecule has 0 bridgehead atoms. The minimum absolute atomic E-state index is 0.110. The highest BCUT2D eigenvalue weighted by Crippen LogP contribution is 2.30. The molecule has 27 heavy (non-hydrogen) atoms. The summed E-state index contributed by atoms with van der Waals surface area (Å²) in [6.45, 7) is 2.42. The van der Waals surface area contributed by atoms with Crippen molar-refractivity contribution in [1.29, 1.82) is 0 Å². The van der Waals surface area contributed by atoms with Crippen molar-refractivity contribution >= 4 is 11.9 Å². The maximum Gasteiger partial charge on any atom is 0.306 e. The van der Waals surface area contributed by atoms with Crippen LogP contribution in [-0.2, 0) is 10.3 Å². The van der Waals surface area contributed by atoms with Crippen LogP contribution in [-0.4, -0.2) is 42.3 Å². The van der Waals surface area contributed by atoms with Gasteiger partial charge in [0.15, 0.2) is 5.75 Å². The molecule has 1 aromatic carbocycles. The van der Waals surface area contributed by atoms with E-state index in [-0.39, 0.29) is 18.0 Å². The van der Waals surface area contributed by atoms with Gasteiger partial charge in [-0.2, -0.15) is 0 Å². The average molecular weight is 372 g/mol. The summed E-state index contributed by atoms with van der Waals surface area (Å²) in [7, 11) is 1.52. The molecular formula is C19H20N2O6. The van der Waals surface area contributed by atoms with Gasteiger partial charge in [-0.25, -0.2) is 4.98 Å². The Kier molecular flexibility index (Phi) is 5.16. The van der Waals surface area contributed by atoms with Crippen LogP contribution in [0.1, 0.15) is 29.4 Å². The molecule has 1 aromatic heterocycles. The molecule has 0 fully saturated rings. The fourth-order valence-electron chi connectivity index (χ4n) is 2.86. The third-order valence-corrected chi connectivity index (χ3v) is 4.24. The number of rotatable bonds is 6. The number of amides is 1. The molecule has 0 spiro atoms.